The van der Waals surface area contributed by atoms with Gasteiger partial charge in [0.05, 0.1) is 0 Å². The van der Waals surface area contributed by atoms with E-state index in [0.717, 1.165) is 11.8 Å². The second-order valence-corrected chi connectivity index (χ2v) is 8.04. The van der Waals surface area contributed by atoms with E-state index in [1.807, 2.05) is 32.9 Å². The van der Waals surface area contributed by atoms with Gasteiger partial charge in [-0.1, -0.05) is 37.1 Å². The molecule has 0 saturated carbocycles. The molecule has 2 rings (SSSR count). The lowest BCUT2D eigenvalue weighted by Gasteiger charge is -2.17. The SMILES string of the molecule is Cc1ccccc1C(=O)N[C@@H](CC(C)C)c1nnc(S(C)(=O)=O)o1. The minimum absolute atomic E-state index is 0.0889. The molecule has 0 aliphatic rings. The van der Waals surface area contributed by atoms with Gasteiger partial charge >= 0.3 is 5.22 Å². The Morgan fingerprint density at radius 3 is 2.46 bits per heavy atom. The highest BCUT2D eigenvalue weighted by Crippen LogP contribution is 2.22. The van der Waals surface area contributed by atoms with Crippen LogP contribution in [0.25, 0.3) is 0 Å². The Morgan fingerprint density at radius 1 is 1.25 bits per heavy atom. The van der Waals surface area contributed by atoms with Crippen LogP contribution in [0.2, 0.25) is 0 Å². The Kier molecular flexibility index (Phi) is 5.38. The smallest absolute Gasteiger partial charge is 0.335 e. The molecule has 1 N–H and O–H groups in total. The van der Waals surface area contributed by atoms with E-state index in [1.165, 1.54) is 0 Å². The first-order chi connectivity index (χ1) is 11.2. The van der Waals surface area contributed by atoms with Crippen molar-refractivity contribution in [1.82, 2.24) is 15.5 Å². The summed E-state index contributed by atoms with van der Waals surface area (Å²) in [4.78, 5) is 12.5. The summed E-state index contributed by atoms with van der Waals surface area (Å²) in [6.07, 6.45) is 1.54. The first-order valence-electron chi connectivity index (χ1n) is 7.58. The van der Waals surface area contributed by atoms with Crippen LogP contribution in [-0.2, 0) is 9.84 Å². The van der Waals surface area contributed by atoms with Crippen molar-refractivity contribution in [2.75, 3.05) is 6.26 Å². The Bertz CT molecular complexity index is 827. The summed E-state index contributed by atoms with van der Waals surface area (Å²) in [6, 6.07) is 6.66. The molecule has 7 nitrogen and oxygen atoms in total. The zero-order valence-electron chi connectivity index (χ0n) is 14.1. The number of amides is 1. The molecule has 0 bridgehead atoms. The van der Waals surface area contributed by atoms with Crippen LogP contribution in [0.15, 0.2) is 33.9 Å². The van der Waals surface area contributed by atoms with E-state index < -0.39 is 21.1 Å². The van der Waals surface area contributed by atoms with E-state index in [-0.39, 0.29) is 17.7 Å². The van der Waals surface area contributed by atoms with Gasteiger partial charge in [0.25, 0.3) is 5.91 Å². The number of carbonyl (C=O) groups is 1. The first-order valence-corrected chi connectivity index (χ1v) is 9.47. The van der Waals surface area contributed by atoms with Gasteiger partial charge in [0, 0.05) is 11.8 Å². The van der Waals surface area contributed by atoms with Crippen LogP contribution in [0.4, 0.5) is 0 Å². The van der Waals surface area contributed by atoms with Crippen LogP contribution >= 0.6 is 0 Å². The van der Waals surface area contributed by atoms with Crippen molar-refractivity contribution >= 4 is 15.7 Å². The van der Waals surface area contributed by atoms with Gasteiger partial charge in [-0.2, -0.15) is 0 Å². The van der Waals surface area contributed by atoms with Gasteiger partial charge in [-0.15, -0.1) is 5.10 Å². The van der Waals surface area contributed by atoms with Crippen molar-refractivity contribution in [1.29, 1.82) is 0 Å². The fourth-order valence-corrected chi connectivity index (χ4v) is 2.69. The number of nitrogens with one attached hydrogen (secondary N) is 1. The molecule has 0 aliphatic carbocycles. The molecule has 0 spiro atoms. The highest BCUT2D eigenvalue weighted by Gasteiger charge is 2.25. The monoisotopic (exact) mass is 351 g/mol. The topological polar surface area (TPSA) is 102 Å². The van der Waals surface area contributed by atoms with Gasteiger partial charge in [-0.3, -0.25) is 4.79 Å². The zero-order chi connectivity index (χ0) is 17.9. The molecule has 8 heteroatoms. The van der Waals surface area contributed by atoms with E-state index in [9.17, 15) is 13.2 Å². The van der Waals surface area contributed by atoms with E-state index in [1.54, 1.807) is 12.1 Å². The molecular formula is C16H21N3O4S. The number of carbonyl (C=O) groups excluding carboxylic acids is 1. The van der Waals surface area contributed by atoms with E-state index in [4.69, 9.17) is 4.42 Å². The Morgan fingerprint density at radius 2 is 1.92 bits per heavy atom. The maximum absolute atomic E-state index is 12.5. The van der Waals surface area contributed by atoms with Crippen molar-refractivity contribution in [3.8, 4) is 0 Å². The summed E-state index contributed by atoms with van der Waals surface area (Å²) in [5, 5.41) is 9.76. The molecule has 1 aromatic carbocycles. The summed E-state index contributed by atoms with van der Waals surface area (Å²) in [7, 11) is -3.58. The maximum atomic E-state index is 12.5. The summed E-state index contributed by atoms with van der Waals surface area (Å²) in [5.74, 6) is 0.0599. The van der Waals surface area contributed by atoms with Crippen LogP contribution in [0.5, 0.6) is 0 Å². The molecule has 0 aliphatic heterocycles. The standard InChI is InChI=1S/C16H21N3O4S/c1-10(2)9-13(15-18-19-16(23-15)24(4,21)22)17-14(20)12-8-6-5-7-11(12)3/h5-8,10,13H,9H2,1-4H3,(H,17,20)/t13-/m0/s1. The van der Waals surface area contributed by atoms with E-state index in [0.29, 0.717) is 12.0 Å². The third-order valence-corrected chi connectivity index (χ3v) is 4.24. The lowest BCUT2D eigenvalue weighted by molar-refractivity contribution is 0.0922. The summed E-state index contributed by atoms with van der Waals surface area (Å²) in [6.45, 7) is 5.82. The third-order valence-electron chi connectivity index (χ3n) is 3.44. The Balaban J connectivity index is 2.27. The molecule has 0 radical (unpaired) electrons. The van der Waals surface area contributed by atoms with Gasteiger partial charge in [0.1, 0.15) is 6.04 Å². The predicted octanol–water partition coefficient (Wildman–Crippen LogP) is 2.30. The van der Waals surface area contributed by atoms with Crippen molar-refractivity contribution in [2.24, 2.45) is 5.92 Å². The highest BCUT2D eigenvalue weighted by atomic mass is 32.2. The lowest BCUT2D eigenvalue weighted by Crippen LogP contribution is -2.30. The Labute approximate surface area is 141 Å². The third kappa shape index (κ3) is 4.41. The van der Waals surface area contributed by atoms with Crippen LogP contribution in [0.1, 0.15) is 48.1 Å². The molecule has 1 heterocycles. The fourth-order valence-electron chi connectivity index (χ4n) is 2.27. The molecular weight excluding hydrogens is 330 g/mol. The number of benzene rings is 1. The molecule has 1 atom stereocenters. The van der Waals surface area contributed by atoms with Crippen LogP contribution < -0.4 is 5.32 Å². The highest BCUT2D eigenvalue weighted by molar-refractivity contribution is 7.90. The predicted molar refractivity (Wildman–Crippen MR) is 88.2 cm³/mol. The summed E-state index contributed by atoms with van der Waals surface area (Å²) < 4.78 is 28.2. The van der Waals surface area contributed by atoms with Crippen LogP contribution in [0.3, 0.4) is 0 Å². The average Bonchev–Trinajstić information content (AvgIpc) is 2.96. The van der Waals surface area contributed by atoms with Gasteiger partial charge in [-0.25, -0.2) is 8.42 Å². The molecule has 0 unspecified atom stereocenters. The zero-order valence-corrected chi connectivity index (χ0v) is 14.9. The molecule has 2 aromatic rings. The molecule has 1 amide bonds. The second kappa shape index (κ2) is 7.12. The molecule has 130 valence electrons. The van der Waals surface area contributed by atoms with Crippen molar-refractivity contribution in [2.45, 2.75) is 38.5 Å². The first kappa shape index (κ1) is 18.1. The number of nitrogens with zero attached hydrogens (tertiary/aromatic N) is 2. The van der Waals surface area contributed by atoms with Crippen LogP contribution in [0, 0.1) is 12.8 Å². The van der Waals surface area contributed by atoms with Crippen molar-refractivity contribution in [3.05, 3.63) is 41.3 Å². The Hall–Kier alpha value is -2.22. The largest absolute Gasteiger partial charge is 0.410 e. The number of sulfone groups is 1. The number of aryl methyl sites for hydroxylation is 1. The second-order valence-electron chi connectivity index (χ2n) is 6.15. The molecule has 0 saturated heterocycles. The molecule has 0 fully saturated rings. The average molecular weight is 351 g/mol. The maximum Gasteiger partial charge on any atom is 0.335 e. The molecule has 1 aromatic heterocycles. The van der Waals surface area contributed by atoms with Gasteiger partial charge in [-0.05, 0) is 30.9 Å². The van der Waals surface area contributed by atoms with Gasteiger partial charge < -0.3 is 9.73 Å². The fraction of sp³-hybridized carbons (Fsp3) is 0.438. The number of rotatable bonds is 6. The summed E-state index contributed by atoms with van der Waals surface area (Å²) >= 11 is 0. The van der Waals surface area contributed by atoms with E-state index in [2.05, 4.69) is 15.5 Å². The molecule has 24 heavy (non-hydrogen) atoms. The van der Waals surface area contributed by atoms with Gasteiger partial charge in [0.2, 0.25) is 15.7 Å². The number of hydrogen-bond acceptors (Lipinski definition) is 6. The normalized spacial score (nSPS) is 13.0. The summed E-state index contributed by atoms with van der Waals surface area (Å²) in [5.41, 5.74) is 1.40. The van der Waals surface area contributed by atoms with Crippen molar-refractivity contribution in [3.63, 3.8) is 0 Å². The number of aromatic nitrogens is 2. The minimum Gasteiger partial charge on any atom is -0.410 e. The van der Waals surface area contributed by atoms with Crippen LogP contribution in [-0.4, -0.2) is 30.8 Å². The quantitative estimate of drug-likeness (QED) is 0.857. The number of hydrogen-bond donors (Lipinski definition) is 1. The van der Waals surface area contributed by atoms with Crippen molar-refractivity contribution < 1.29 is 17.6 Å². The minimum atomic E-state index is -3.58. The lowest BCUT2D eigenvalue weighted by atomic mass is 10.0. The van der Waals surface area contributed by atoms with E-state index >= 15 is 0 Å². The van der Waals surface area contributed by atoms with Gasteiger partial charge in [0.15, 0.2) is 0 Å².